The summed E-state index contributed by atoms with van der Waals surface area (Å²) in [5.41, 5.74) is -2.19. The number of carboxylic acid groups (broad SMARTS) is 1. The topological polar surface area (TPSA) is 122 Å². The summed E-state index contributed by atoms with van der Waals surface area (Å²) in [6.45, 7) is 1.23. The molecule has 6 aromatic rings. The van der Waals surface area contributed by atoms with Crippen molar-refractivity contribution in [3.8, 4) is 17.2 Å². The van der Waals surface area contributed by atoms with Gasteiger partial charge < -0.3 is 23.9 Å². The molecule has 64 heavy (non-hydrogen) atoms. The lowest BCUT2D eigenvalue weighted by Gasteiger charge is -2.08. The van der Waals surface area contributed by atoms with E-state index in [0.717, 1.165) is 38.5 Å². The zero-order chi connectivity index (χ0) is 45.0. The molecule has 0 bridgehead atoms. The van der Waals surface area contributed by atoms with Crippen molar-refractivity contribution < 1.29 is 68.1 Å². The predicted octanol–water partition coefficient (Wildman–Crippen LogP) is 11.4. The van der Waals surface area contributed by atoms with Crippen LogP contribution in [-0.4, -0.2) is 45.3 Å². The monoisotopic (exact) mass is 952 g/mol. The quantitative estimate of drug-likeness (QED) is 0.0445. The summed E-state index contributed by atoms with van der Waals surface area (Å²) in [5.74, 6) is 1.03. The Labute approximate surface area is 374 Å². The molecule has 1 aliphatic rings. The van der Waals surface area contributed by atoms with E-state index in [1.807, 2.05) is 103 Å². The van der Waals surface area contributed by atoms with E-state index in [0.29, 0.717) is 42.6 Å². The molecule has 0 fully saturated rings. The van der Waals surface area contributed by atoms with Crippen molar-refractivity contribution in [2.45, 2.75) is 39.2 Å². The van der Waals surface area contributed by atoms with Crippen LogP contribution in [0.25, 0.3) is 0 Å². The Bertz CT molecular complexity index is 2460. The Kier molecular flexibility index (Phi) is 23.1. The van der Waals surface area contributed by atoms with Crippen molar-refractivity contribution in [1.82, 2.24) is 0 Å². The maximum absolute atomic E-state index is 14.2. The molecule has 0 aliphatic carbocycles. The molecular weight excluding hydrogens is 910 g/mol. The SMILES string of the molecule is C.F.Fc1cc(OCc2ccccc2)ccc1C1=[S+]CCCS1.Fc1cccc(OCc2ccccc2)c1.O=C(O)c1ccc(OCc2ccccc2)cc1F.O=S(=O)([O-])C(F)(F)F. The first-order chi connectivity index (χ1) is 29.6. The van der Waals surface area contributed by atoms with Gasteiger partial charge in [-0.1, -0.05) is 116 Å². The molecule has 0 spiro atoms. The van der Waals surface area contributed by atoms with Crippen LogP contribution in [0.2, 0.25) is 0 Å². The number of ether oxygens (including phenoxy) is 3. The highest BCUT2D eigenvalue weighted by molar-refractivity contribution is 8.23. The van der Waals surface area contributed by atoms with Crippen LogP contribution in [0, 0.1) is 17.5 Å². The van der Waals surface area contributed by atoms with E-state index in [1.165, 1.54) is 36.8 Å². The zero-order valence-corrected chi connectivity index (χ0v) is 35.3. The van der Waals surface area contributed by atoms with E-state index < -0.39 is 27.4 Å². The molecule has 0 amide bonds. The Balaban J connectivity index is 0.000000303. The number of halogens is 7. The Morgan fingerprint density at radius 3 is 1.47 bits per heavy atom. The average molecular weight is 953 g/mol. The second kappa shape index (κ2) is 27.3. The second-order valence-electron chi connectivity index (χ2n) is 12.6. The Morgan fingerprint density at radius 2 is 1.09 bits per heavy atom. The maximum Gasteiger partial charge on any atom is 0.485 e. The molecule has 0 radical (unpaired) electrons. The average Bonchev–Trinajstić information content (AvgIpc) is 3.26. The van der Waals surface area contributed by atoms with Crippen LogP contribution in [-0.2, 0) is 41.3 Å². The van der Waals surface area contributed by atoms with E-state index in [-0.39, 0.29) is 29.3 Å². The van der Waals surface area contributed by atoms with Gasteiger partial charge in [0.05, 0.1) is 11.1 Å². The summed E-state index contributed by atoms with van der Waals surface area (Å²) < 4.78 is 117. The van der Waals surface area contributed by atoms with Crippen molar-refractivity contribution in [2.24, 2.45) is 0 Å². The number of carbonyl (C=O) groups is 1. The van der Waals surface area contributed by atoms with Gasteiger partial charge in [-0.3, -0.25) is 4.70 Å². The molecule has 0 atom stereocenters. The van der Waals surface area contributed by atoms with Crippen molar-refractivity contribution in [1.29, 1.82) is 0 Å². The van der Waals surface area contributed by atoms with Gasteiger partial charge in [0.25, 0.3) is 4.20 Å². The highest BCUT2D eigenvalue weighted by Crippen LogP contribution is 2.25. The predicted molar refractivity (Wildman–Crippen MR) is 237 cm³/mol. The van der Waals surface area contributed by atoms with Gasteiger partial charge in [-0.2, -0.15) is 13.2 Å². The largest absolute Gasteiger partial charge is 0.741 e. The minimum absolute atomic E-state index is 0. The second-order valence-corrected chi connectivity index (χ2v) is 16.4. The molecule has 0 aromatic heterocycles. The summed E-state index contributed by atoms with van der Waals surface area (Å²) in [6.07, 6.45) is 1.19. The van der Waals surface area contributed by atoms with E-state index in [9.17, 15) is 31.1 Å². The first-order valence-corrected chi connectivity index (χ1v) is 21.7. The van der Waals surface area contributed by atoms with Gasteiger partial charge in [-0.25, -0.2) is 26.4 Å². The fourth-order valence-electron chi connectivity index (χ4n) is 4.88. The van der Waals surface area contributed by atoms with Gasteiger partial charge in [-0.15, -0.1) is 0 Å². The minimum atomic E-state index is -6.09. The third kappa shape index (κ3) is 19.2. The van der Waals surface area contributed by atoms with Gasteiger partial charge in [-0.05, 0) is 53.1 Å². The molecule has 8 nitrogen and oxygen atoms in total. The van der Waals surface area contributed by atoms with E-state index in [2.05, 4.69) is 0 Å². The molecule has 1 N–H and O–H groups in total. The number of aromatic carboxylic acids is 1. The van der Waals surface area contributed by atoms with Crippen LogP contribution >= 0.6 is 11.8 Å². The number of benzene rings is 6. The van der Waals surface area contributed by atoms with Crippen LogP contribution in [0.15, 0.2) is 152 Å². The normalized spacial score (nSPS) is 11.7. The number of hydrogen-bond donors (Lipinski definition) is 1. The highest BCUT2D eigenvalue weighted by atomic mass is 32.2. The van der Waals surface area contributed by atoms with Crippen LogP contribution in [0.1, 0.15) is 46.5 Å². The summed E-state index contributed by atoms with van der Waals surface area (Å²) in [7, 11) is -6.09. The van der Waals surface area contributed by atoms with Crippen LogP contribution in [0.5, 0.6) is 17.2 Å². The molecule has 0 saturated heterocycles. The van der Waals surface area contributed by atoms with Crippen molar-refractivity contribution in [3.63, 3.8) is 0 Å². The van der Waals surface area contributed by atoms with Gasteiger partial charge in [0.2, 0.25) is 0 Å². The lowest BCUT2D eigenvalue weighted by atomic mass is 10.2. The summed E-state index contributed by atoms with van der Waals surface area (Å²) >= 11 is 3.49. The standard InChI is InChI=1S/C17H16FOS2.C14H11FO3.C13H11FO.CHF3O3S.CH4.FH/c18-16-11-14(19-12-13-5-2-1-3-6-13)7-8-15(16)17-20-9-4-10-21-17;15-13-8-11(6-7-12(13)14(16)17)18-9-10-4-2-1-3-5-10;14-12-7-4-8-13(9-12)15-10-11-5-2-1-3-6-11;2-1(3,4)8(5,6)7;;/h1-3,5-8,11H,4,9-10,12H2;1-8H,9H2,(H,16,17);1-9H,10H2;(H,5,6,7);1H4;1H/q+1;;;;;/p-1. The van der Waals surface area contributed by atoms with Gasteiger partial charge >= 0.3 is 11.5 Å². The number of hydrogen-bond acceptors (Lipinski definition) is 8. The summed E-state index contributed by atoms with van der Waals surface area (Å²) in [4.78, 5) is 10.6. The van der Waals surface area contributed by atoms with E-state index in [1.54, 1.807) is 35.2 Å². The smallest absolute Gasteiger partial charge is 0.485 e. The fraction of sp³-hybridized carbons (Fsp3) is 0.174. The van der Waals surface area contributed by atoms with Crippen molar-refractivity contribution in [2.75, 3.05) is 11.5 Å². The highest BCUT2D eigenvalue weighted by Gasteiger charge is 2.37. The third-order valence-electron chi connectivity index (χ3n) is 7.91. The van der Waals surface area contributed by atoms with E-state index >= 15 is 0 Å². The molecule has 342 valence electrons. The minimum Gasteiger partial charge on any atom is -0.741 e. The van der Waals surface area contributed by atoms with Gasteiger partial charge in [0, 0.05) is 30.4 Å². The molecule has 7 rings (SSSR count). The number of carboxylic acids is 1. The third-order valence-corrected chi connectivity index (χ3v) is 11.1. The number of thioether (sulfide) groups is 1. The number of alkyl halides is 3. The van der Waals surface area contributed by atoms with Gasteiger partial charge in [0.15, 0.2) is 27.2 Å². The molecule has 0 unspecified atom stereocenters. The first kappa shape index (κ1) is 54.2. The van der Waals surface area contributed by atoms with Crippen LogP contribution < -0.4 is 14.2 Å². The fourth-order valence-corrected chi connectivity index (χ4v) is 7.48. The van der Waals surface area contributed by atoms with Crippen molar-refractivity contribution in [3.05, 3.63) is 197 Å². The molecular formula is C46H43F7O8S3. The molecule has 0 saturated carbocycles. The lowest BCUT2D eigenvalue weighted by molar-refractivity contribution is -0.0518. The molecule has 1 aliphatic heterocycles. The molecule has 18 heteroatoms. The van der Waals surface area contributed by atoms with Crippen molar-refractivity contribution >= 4 is 43.4 Å². The summed E-state index contributed by atoms with van der Waals surface area (Å²) in [5, 5.41) is 8.68. The molecule has 1 heterocycles. The van der Waals surface area contributed by atoms with Crippen LogP contribution in [0.3, 0.4) is 0 Å². The Morgan fingerprint density at radius 1 is 0.656 bits per heavy atom. The zero-order valence-electron chi connectivity index (χ0n) is 32.9. The van der Waals surface area contributed by atoms with Crippen LogP contribution in [0.4, 0.5) is 31.0 Å². The first-order valence-electron chi connectivity index (χ1n) is 18.3. The maximum atomic E-state index is 14.2. The van der Waals surface area contributed by atoms with Gasteiger partial charge in [0.1, 0.15) is 54.5 Å². The lowest BCUT2D eigenvalue weighted by Crippen LogP contribution is -2.21. The molecule has 6 aromatic carbocycles. The van der Waals surface area contributed by atoms with E-state index in [4.69, 9.17) is 32.3 Å². The Hall–Kier alpha value is -5.95. The summed E-state index contributed by atoms with van der Waals surface area (Å²) in [6, 6.07) is 44.2. The number of rotatable bonds is 11.